The van der Waals surface area contributed by atoms with Gasteiger partial charge >= 0.3 is 17.9 Å². The molecule has 9 heteroatoms. The fourth-order valence-corrected chi connectivity index (χ4v) is 2.21. The highest BCUT2D eigenvalue weighted by atomic mass is 16.7. The molecule has 0 radical (unpaired) electrons. The second-order valence-electron chi connectivity index (χ2n) is 5.15. The summed E-state index contributed by atoms with van der Waals surface area (Å²) in [7, 11) is 0. The molecule has 23 heavy (non-hydrogen) atoms. The van der Waals surface area contributed by atoms with E-state index in [-0.39, 0.29) is 18.9 Å². The predicted molar refractivity (Wildman–Crippen MR) is 74.8 cm³/mol. The van der Waals surface area contributed by atoms with Gasteiger partial charge in [0.15, 0.2) is 0 Å². The van der Waals surface area contributed by atoms with Crippen LogP contribution in [-0.2, 0) is 38.1 Å². The van der Waals surface area contributed by atoms with E-state index in [1.807, 2.05) is 0 Å². The number of rotatable bonds is 5. The normalized spacial score (nSPS) is 26.8. The number of hydrogen-bond donors (Lipinski definition) is 1. The zero-order valence-electron chi connectivity index (χ0n) is 13.5. The summed E-state index contributed by atoms with van der Waals surface area (Å²) < 4.78 is 20.6. The molecule has 1 unspecified atom stereocenters. The quantitative estimate of drug-likeness (QED) is 0.537. The molecule has 0 bridgehead atoms. The molecule has 0 saturated carbocycles. The van der Waals surface area contributed by atoms with Gasteiger partial charge in [-0.1, -0.05) is 0 Å². The van der Waals surface area contributed by atoms with Crippen LogP contribution in [0.4, 0.5) is 0 Å². The third-order valence-electron chi connectivity index (χ3n) is 2.98. The maximum Gasteiger partial charge on any atom is 0.305 e. The van der Waals surface area contributed by atoms with Crippen molar-refractivity contribution in [2.24, 2.45) is 0 Å². The summed E-state index contributed by atoms with van der Waals surface area (Å²) in [6.07, 6.45) is -2.47. The van der Waals surface area contributed by atoms with Crippen molar-refractivity contribution in [3.63, 3.8) is 0 Å². The zero-order valence-corrected chi connectivity index (χ0v) is 13.5. The highest BCUT2D eigenvalue weighted by molar-refractivity contribution is 5.73. The highest BCUT2D eigenvalue weighted by Crippen LogP contribution is 2.24. The lowest BCUT2D eigenvalue weighted by molar-refractivity contribution is -0.243. The van der Waals surface area contributed by atoms with Crippen LogP contribution in [0.5, 0.6) is 0 Å². The highest BCUT2D eigenvalue weighted by Gasteiger charge is 2.42. The van der Waals surface area contributed by atoms with Crippen molar-refractivity contribution in [1.29, 1.82) is 0 Å². The molecule has 0 aromatic rings. The summed E-state index contributed by atoms with van der Waals surface area (Å²) in [6.45, 7) is 4.80. The molecule has 0 aromatic heterocycles. The van der Waals surface area contributed by atoms with E-state index < -0.39 is 42.4 Å². The van der Waals surface area contributed by atoms with Gasteiger partial charge in [0, 0.05) is 34.1 Å². The lowest BCUT2D eigenvalue weighted by atomic mass is 10.00. The van der Waals surface area contributed by atoms with Crippen molar-refractivity contribution in [2.75, 3.05) is 6.61 Å². The van der Waals surface area contributed by atoms with E-state index in [4.69, 9.17) is 18.9 Å². The number of carbonyl (C=O) groups is 4. The summed E-state index contributed by atoms with van der Waals surface area (Å²) in [6, 6.07) is -0.686. The van der Waals surface area contributed by atoms with Crippen LogP contribution in [0.3, 0.4) is 0 Å². The molecule has 9 nitrogen and oxygen atoms in total. The van der Waals surface area contributed by atoms with Crippen molar-refractivity contribution in [2.45, 2.75) is 58.7 Å². The van der Waals surface area contributed by atoms with Crippen LogP contribution < -0.4 is 5.32 Å². The fraction of sp³-hybridized carbons (Fsp3) is 0.714. The monoisotopic (exact) mass is 331 g/mol. The molecule has 130 valence electrons. The minimum atomic E-state index is -1.07. The molecule has 1 saturated heterocycles. The first-order valence-electron chi connectivity index (χ1n) is 7.09. The van der Waals surface area contributed by atoms with Gasteiger partial charge in [-0.25, -0.2) is 0 Å². The Kier molecular flexibility index (Phi) is 6.95. The molecule has 0 aromatic carbocycles. The molecule has 1 N–H and O–H groups in total. The lowest BCUT2D eigenvalue weighted by Crippen LogP contribution is -2.57. The fourth-order valence-electron chi connectivity index (χ4n) is 2.21. The largest absolute Gasteiger partial charge is 0.463 e. The van der Waals surface area contributed by atoms with E-state index in [9.17, 15) is 19.2 Å². The average Bonchev–Trinajstić information content (AvgIpc) is 2.38. The van der Waals surface area contributed by atoms with Gasteiger partial charge in [-0.2, -0.15) is 0 Å². The minimum Gasteiger partial charge on any atom is -0.463 e. The van der Waals surface area contributed by atoms with Crippen molar-refractivity contribution in [1.82, 2.24) is 5.32 Å². The molecule has 1 rings (SSSR count). The molecule has 1 aliphatic heterocycles. The van der Waals surface area contributed by atoms with Gasteiger partial charge in [0.2, 0.25) is 12.2 Å². The van der Waals surface area contributed by atoms with Crippen LogP contribution in [0.1, 0.15) is 34.1 Å². The Bertz CT molecular complexity index is 477. The van der Waals surface area contributed by atoms with Gasteiger partial charge in [0.1, 0.15) is 18.8 Å². The standard InChI is InChI=1S/C14H21NO8/c1-7(16)15-11-5-12(21-9(3)18)13(6-20-8(2)17)23-14(11)22-10(4)19/h11-14H,5-6H2,1-4H3,(H,15,16)/t11-,12-,13-,14?/m1/s1. The van der Waals surface area contributed by atoms with E-state index in [1.54, 1.807) is 0 Å². The third kappa shape index (κ3) is 6.64. The summed E-state index contributed by atoms with van der Waals surface area (Å²) in [5, 5.41) is 2.59. The SMILES string of the molecule is CC(=O)N[C@@H]1C[C@@H](OC(C)=O)[C@@H](COC(C)=O)OC1OC(C)=O. The smallest absolute Gasteiger partial charge is 0.305 e. The first-order chi connectivity index (χ1) is 10.7. The van der Waals surface area contributed by atoms with Crippen LogP contribution in [0.15, 0.2) is 0 Å². The Labute approximate surface area is 133 Å². The Morgan fingerprint density at radius 2 is 1.61 bits per heavy atom. The van der Waals surface area contributed by atoms with Crippen LogP contribution in [-0.4, -0.2) is 55.0 Å². The summed E-state index contributed by atoms with van der Waals surface area (Å²) in [5.41, 5.74) is 0. The van der Waals surface area contributed by atoms with Gasteiger partial charge < -0.3 is 24.3 Å². The molecule has 4 atom stereocenters. The second kappa shape index (κ2) is 8.47. The summed E-state index contributed by atoms with van der Waals surface area (Å²) in [4.78, 5) is 44.7. The summed E-state index contributed by atoms with van der Waals surface area (Å²) >= 11 is 0. The number of hydrogen-bond acceptors (Lipinski definition) is 8. The molecule has 0 spiro atoms. The Balaban J connectivity index is 2.89. The van der Waals surface area contributed by atoms with Crippen LogP contribution in [0.25, 0.3) is 0 Å². The maximum absolute atomic E-state index is 11.3. The van der Waals surface area contributed by atoms with Crippen molar-refractivity contribution >= 4 is 23.8 Å². The van der Waals surface area contributed by atoms with E-state index >= 15 is 0 Å². The number of carbonyl (C=O) groups excluding carboxylic acids is 4. The van der Waals surface area contributed by atoms with Gasteiger partial charge in [-0.05, 0) is 0 Å². The van der Waals surface area contributed by atoms with Gasteiger partial charge in [0.25, 0.3) is 0 Å². The topological polar surface area (TPSA) is 117 Å². The first kappa shape index (κ1) is 18.9. The molecular weight excluding hydrogens is 310 g/mol. The zero-order chi connectivity index (χ0) is 17.6. The van der Waals surface area contributed by atoms with E-state index in [2.05, 4.69) is 5.32 Å². The second-order valence-corrected chi connectivity index (χ2v) is 5.15. The van der Waals surface area contributed by atoms with Crippen molar-refractivity contribution in [3.05, 3.63) is 0 Å². The average molecular weight is 331 g/mol. The van der Waals surface area contributed by atoms with E-state index in [0.29, 0.717) is 0 Å². The van der Waals surface area contributed by atoms with E-state index in [0.717, 1.165) is 0 Å². The number of amides is 1. The Morgan fingerprint density at radius 1 is 1.00 bits per heavy atom. The van der Waals surface area contributed by atoms with Crippen LogP contribution in [0, 0.1) is 0 Å². The number of ether oxygens (including phenoxy) is 4. The lowest BCUT2D eigenvalue weighted by Gasteiger charge is -2.39. The molecule has 1 amide bonds. The first-order valence-corrected chi connectivity index (χ1v) is 7.09. The minimum absolute atomic E-state index is 0.156. The number of nitrogens with one attached hydrogen (secondary N) is 1. The summed E-state index contributed by atoms with van der Waals surface area (Å²) in [5.74, 6) is -2.01. The predicted octanol–water partition coefficient (Wildman–Crippen LogP) is -0.336. The Hall–Kier alpha value is -2.16. The van der Waals surface area contributed by atoms with Gasteiger partial charge in [0.05, 0.1) is 6.04 Å². The van der Waals surface area contributed by atoms with Gasteiger partial charge in [-0.15, -0.1) is 0 Å². The molecule has 1 fully saturated rings. The number of esters is 3. The Morgan fingerprint density at radius 3 is 2.09 bits per heavy atom. The van der Waals surface area contributed by atoms with Crippen molar-refractivity contribution in [3.8, 4) is 0 Å². The molecule has 0 aliphatic carbocycles. The van der Waals surface area contributed by atoms with Gasteiger partial charge in [-0.3, -0.25) is 19.2 Å². The molecule has 1 aliphatic rings. The van der Waals surface area contributed by atoms with E-state index in [1.165, 1.54) is 27.7 Å². The van der Waals surface area contributed by atoms with Crippen LogP contribution >= 0.6 is 0 Å². The third-order valence-corrected chi connectivity index (χ3v) is 2.98. The van der Waals surface area contributed by atoms with Crippen LogP contribution in [0.2, 0.25) is 0 Å². The molecular formula is C14H21NO8. The molecule has 1 heterocycles. The van der Waals surface area contributed by atoms with Crippen molar-refractivity contribution < 1.29 is 38.1 Å². The maximum atomic E-state index is 11.3.